The zero-order valence-corrected chi connectivity index (χ0v) is 10.6. The first-order valence-electron chi connectivity index (χ1n) is 5.96. The first-order chi connectivity index (χ1) is 9.10. The lowest BCUT2D eigenvalue weighted by Gasteiger charge is -2.09. The van der Waals surface area contributed by atoms with Crippen LogP contribution < -0.4 is 10.5 Å². The molecular weight excluding hydrogens is 248 g/mol. The summed E-state index contributed by atoms with van der Waals surface area (Å²) in [6, 6.07) is 9.40. The Morgan fingerprint density at radius 1 is 1.11 bits per heavy atom. The highest BCUT2D eigenvalue weighted by atomic mass is 19.1. The zero-order valence-electron chi connectivity index (χ0n) is 10.6. The van der Waals surface area contributed by atoms with Crippen LogP contribution in [0.15, 0.2) is 36.4 Å². The van der Waals surface area contributed by atoms with Crippen molar-refractivity contribution >= 4 is 0 Å². The smallest absolute Gasteiger partial charge is 0.167 e. The molecule has 0 amide bonds. The van der Waals surface area contributed by atoms with Crippen molar-refractivity contribution in [3.63, 3.8) is 0 Å². The van der Waals surface area contributed by atoms with Crippen molar-refractivity contribution in [2.45, 2.75) is 20.1 Å². The summed E-state index contributed by atoms with van der Waals surface area (Å²) >= 11 is 0. The van der Waals surface area contributed by atoms with Crippen LogP contribution in [0, 0.1) is 18.6 Å². The van der Waals surface area contributed by atoms with E-state index in [-0.39, 0.29) is 24.7 Å². The molecule has 2 N–H and O–H groups in total. The number of hydrogen-bond acceptors (Lipinski definition) is 2. The summed E-state index contributed by atoms with van der Waals surface area (Å²) in [7, 11) is 0. The molecule has 0 aliphatic carbocycles. The molecule has 19 heavy (non-hydrogen) atoms. The molecule has 0 radical (unpaired) electrons. The van der Waals surface area contributed by atoms with Gasteiger partial charge in [-0.3, -0.25) is 0 Å². The van der Waals surface area contributed by atoms with Gasteiger partial charge in [0.25, 0.3) is 0 Å². The Morgan fingerprint density at radius 2 is 1.84 bits per heavy atom. The van der Waals surface area contributed by atoms with E-state index >= 15 is 0 Å². The summed E-state index contributed by atoms with van der Waals surface area (Å²) in [6.07, 6.45) is 0. The van der Waals surface area contributed by atoms with Crippen molar-refractivity contribution in [2.75, 3.05) is 0 Å². The minimum absolute atomic E-state index is 0.102. The van der Waals surface area contributed by atoms with Gasteiger partial charge < -0.3 is 10.5 Å². The minimum Gasteiger partial charge on any atom is -0.486 e. The Morgan fingerprint density at radius 3 is 2.58 bits per heavy atom. The van der Waals surface area contributed by atoms with Gasteiger partial charge in [-0.1, -0.05) is 18.2 Å². The van der Waals surface area contributed by atoms with Crippen molar-refractivity contribution in [2.24, 2.45) is 5.73 Å². The van der Waals surface area contributed by atoms with E-state index in [4.69, 9.17) is 10.5 Å². The average molecular weight is 263 g/mol. The second kappa shape index (κ2) is 5.80. The molecule has 0 fully saturated rings. The van der Waals surface area contributed by atoms with Gasteiger partial charge in [-0.05, 0) is 41.8 Å². The fraction of sp³-hybridized carbons (Fsp3) is 0.200. The van der Waals surface area contributed by atoms with Gasteiger partial charge in [-0.25, -0.2) is 8.78 Å². The lowest BCUT2D eigenvalue weighted by atomic mass is 10.1. The molecule has 0 unspecified atom stereocenters. The first kappa shape index (κ1) is 13.5. The van der Waals surface area contributed by atoms with Crippen LogP contribution in [0.3, 0.4) is 0 Å². The molecule has 0 atom stereocenters. The molecule has 2 nitrogen and oxygen atoms in total. The second-order valence-corrected chi connectivity index (χ2v) is 4.35. The number of nitrogens with two attached hydrogens (primary N) is 1. The third-order valence-electron chi connectivity index (χ3n) is 2.80. The Bertz CT molecular complexity index is 584. The van der Waals surface area contributed by atoms with Crippen molar-refractivity contribution in [1.29, 1.82) is 0 Å². The molecule has 2 aromatic rings. The van der Waals surface area contributed by atoms with Gasteiger partial charge in [0.2, 0.25) is 0 Å². The highest BCUT2D eigenvalue weighted by molar-refractivity contribution is 5.31. The quantitative estimate of drug-likeness (QED) is 0.918. The Labute approximate surface area is 110 Å². The largest absolute Gasteiger partial charge is 0.486 e. The van der Waals surface area contributed by atoms with Gasteiger partial charge in [-0.15, -0.1) is 0 Å². The highest BCUT2D eigenvalue weighted by Gasteiger charge is 2.07. The average Bonchev–Trinajstić information content (AvgIpc) is 2.40. The molecule has 4 heteroatoms. The number of hydrogen-bond donors (Lipinski definition) is 1. The maximum Gasteiger partial charge on any atom is 0.167 e. The standard InChI is InChI=1S/C15H15F2NO/c1-10-3-2-4-14(15(10)17)19-9-12-5-11(8-18)6-13(16)7-12/h2-7H,8-9,18H2,1H3. The Kier molecular flexibility index (Phi) is 4.12. The monoisotopic (exact) mass is 263 g/mol. The van der Waals surface area contributed by atoms with E-state index in [1.807, 2.05) is 0 Å². The Hall–Kier alpha value is -1.94. The van der Waals surface area contributed by atoms with Crippen molar-refractivity contribution in [3.05, 3.63) is 64.7 Å². The van der Waals surface area contributed by atoms with Gasteiger partial charge in [0, 0.05) is 6.54 Å². The van der Waals surface area contributed by atoms with Gasteiger partial charge in [0.05, 0.1) is 0 Å². The summed E-state index contributed by atoms with van der Waals surface area (Å²) in [5.41, 5.74) is 7.29. The molecule has 2 aromatic carbocycles. The molecule has 100 valence electrons. The van der Waals surface area contributed by atoms with Crippen LogP contribution >= 0.6 is 0 Å². The van der Waals surface area contributed by atoms with E-state index in [2.05, 4.69) is 0 Å². The van der Waals surface area contributed by atoms with Gasteiger partial charge in [0.1, 0.15) is 12.4 Å². The van der Waals surface area contributed by atoms with Gasteiger partial charge in [0.15, 0.2) is 11.6 Å². The van der Waals surface area contributed by atoms with E-state index in [1.165, 1.54) is 12.1 Å². The lowest BCUT2D eigenvalue weighted by Crippen LogP contribution is -2.02. The van der Waals surface area contributed by atoms with E-state index in [0.717, 1.165) is 0 Å². The van der Waals surface area contributed by atoms with Crippen LogP contribution in [0.2, 0.25) is 0 Å². The molecule has 0 spiro atoms. The van der Waals surface area contributed by atoms with Gasteiger partial charge >= 0.3 is 0 Å². The Balaban J connectivity index is 2.14. The molecule has 0 aliphatic heterocycles. The maximum atomic E-state index is 13.7. The van der Waals surface area contributed by atoms with Crippen molar-refractivity contribution in [1.82, 2.24) is 0 Å². The molecule has 0 saturated carbocycles. The third-order valence-corrected chi connectivity index (χ3v) is 2.80. The van der Waals surface area contributed by atoms with Crippen LogP contribution in [-0.2, 0) is 13.2 Å². The molecule has 0 saturated heterocycles. The summed E-state index contributed by atoms with van der Waals surface area (Å²) < 4.78 is 32.4. The predicted octanol–water partition coefficient (Wildman–Crippen LogP) is 3.31. The molecule has 0 bridgehead atoms. The number of aryl methyl sites for hydroxylation is 1. The molecule has 0 heterocycles. The molecule has 2 rings (SSSR count). The summed E-state index contributed by atoms with van der Waals surface area (Å²) in [6.45, 7) is 2.02. The topological polar surface area (TPSA) is 35.2 Å². The van der Waals surface area contributed by atoms with Crippen LogP contribution in [0.1, 0.15) is 16.7 Å². The van der Waals surface area contributed by atoms with E-state index in [1.54, 1.807) is 31.2 Å². The fourth-order valence-corrected chi connectivity index (χ4v) is 1.81. The SMILES string of the molecule is Cc1cccc(OCc2cc(F)cc(CN)c2)c1F. The fourth-order valence-electron chi connectivity index (χ4n) is 1.81. The number of benzene rings is 2. The summed E-state index contributed by atoms with van der Waals surface area (Å²) in [5.74, 6) is -0.595. The number of ether oxygens (including phenoxy) is 1. The van der Waals surface area contributed by atoms with Crippen molar-refractivity contribution < 1.29 is 13.5 Å². The molecule has 0 aliphatic rings. The third kappa shape index (κ3) is 3.29. The van der Waals surface area contributed by atoms with Crippen LogP contribution in [0.5, 0.6) is 5.75 Å². The van der Waals surface area contributed by atoms with E-state index in [0.29, 0.717) is 16.7 Å². The van der Waals surface area contributed by atoms with E-state index in [9.17, 15) is 8.78 Å². The first-order valence-corrected chi connectivity index (χ1v) is 5.96. The van der Waals surface area contributed by atoms with Gasteiger partial charge in [-0.2, -0.15) is 0 Å². The summed E-state index contributed by atoms with van der Waals surface area (Å²) in [5, 5.41) is 0. The van der Waals surface area contributed by atoms with Crippen LogP contribution in [0.25, 0.3) is 0 Å². The normalized spacial score (nSPS) is 10.5. The lowest BCUT2D eigenvalue weighted by molar-refractivity contribution is 0.289. The maximum absolute atomic E-state index is 13.7. The molecule has 0 aromatic heterocycles. The summed E-state index contributed by atoms with van der Waals surface area (Å²) in [4.78, 5) is 0. The zero-order chi connectivity index (χ0) is 13.8. The van der Waals surface area contributed by atoms with Crippen molar-refractivity contribution in [3.8, 4) is 5.75 Å². The van der Waals surface area contributed by atoms with Crippen LogP contribution in [0.4, 0.5) is 8.78 Å². The van der Waals surface area contributed by atoms with Crippen LogP contribution in [-0.4, -0.2) is 0 Å². The predicted molar refractivity (Wildman–Crippen MR) is 69.8 cm³/mol. The highest BCUT2D eigenvalue weighted by Crippen LogP contribution is 2.21. The molecular formula is C15H15F2NO. The van der Waals surface area contributed by atoms with E-state index < -0.39 is 5.82 Å². The number of halogens is 2. The second-order valence-electron chi connectivity index (χ2n) is 4.35. The number of rotatable bonds is 4. The minimum atomic E-state index is -0.391.